The van der Waals surface area contributed by atoms with Crippen LogP contribution in [-0.4, -0.2) is 20.0 Å². The van der Waals surface area contributed by atoms with E-state index in [1.54, 1.807) is 30.3 Å². The van der Waals surface area contributed by atoms with Crippen LogP contribution in [-0.2, 0) is 0 Å². The average Bonchev–Trinajstić information content (AvgIpc) is 2.48. The van der Waals surface area contributed by atoms with Gasteiger partial charge in [0, 0.05) is 20.1 Å². The molecule has 2 aromatic rings. The summed E-state index contributed by atoms with van der Waals surface area (Å²) in [5, 5.41) is 0.393. The van der Waals surface area contributed by atoms with Gasteiger partial charge in [-0.3, -0.25) is 4.79 Å². The summed E-state index contributed by atoms with van der Waals surface area (Å²) in [6.07, 6.45) is 0. The van der Waals surface area contributed by atoms with E-state index < -0.39 is 0 Å². The zero-order valence-electron chi connectivity index (χ0n) is 11.2. The van der Waals surface area contributed by atoms with Crippen molar-refractivity contribution in [2.24, 2.45) is 0 Å². The van der Waals surface area contributed by atoms with Crippen LogP contribution in [0.4, 0.5) is 0 Å². The summed E-state index contributed by atoms with van der Waals surface area (Å²) in [5.74, 6) is 0.825. The summed E-state index contributed by atoms with van der Waals surface area (Å²) in [7, 11) is 3.06. The molecule has 0 aromatic heterocycles. The van der Waals surface area contributed by atoms with Gasteiger partial charge in [-0.1, -0.05) is 27.5 Å². The monoisotopic (exact) mass is 432 g/mol. The maximum Gasteiger partial charge on any atom is 0.195 e. The van der Waals surface area contributed by atoms with Crippen molar-refractivity contribution < 1.29 is 14.3 Å². The van der Waals surface area contributed by atoms with E-state index in [1.165, 1.54) is 14.2 Å². The van der Waals surface area contributed by atoms with Crippen LogP contribution in [0.15, 0.2) is 39.3 Å². The zero-order valence-corrected chi connectivity index (χ0v) is 15.2. The third kappa shape index (κ3) is 3.42. The fourth-order valence-corrected chi connectivity index (χ4v) is 2.91. The third-order valence-corrected chi connectivity index (χ3v) is 4.37. The minimum absolute atomic E-state index is 0.200. The fourth-order valence-electron chi connectivity index (χ4n) is 1.84. The second kappa shape index (κ2) is 6.81. The Hall–Kier alpha value is -1.04. The molecule has 0 unspecified atom stereocenters. The Kier molecular flexibility index (Phi) is 5.30. The number of carbonyl (C=O) groups excluding carboxylic acids is 1. The summed E-state index contributed by atoms with van der Waals surface area (Å²) in [6.45, 7) is 0. The Balaban J connectivity index is 2.55. The summed E-state index contributed by atoms with van der Waals surface area (Å²) in [5.41, 5.74) is 0.867. The molecule has 0 atom stereocenters. The summed E-state index contributed by atoms with van der Waals surface area (Å²) >= 11 is 12.8. The van der Waals surface area contributed by atoms with E-state index in [0.29, 0.717) is 32.1 Å². The first-order valence-corrected chi connectivity index (χ1v) is 7.85. The molecule has 0 radical (unpaired) electrons. The van der Waals surface area contributed by atoms with Crippen LogP contribution >= 0.6 is 43.5 Å². The molecule has 110 valence electrons. The van der Waals surface area contributed by atoms with Gasteiger partial charge in [-0.05, 0) is 46.3 Å². The van der Waals surface area contributed by atoms with Crippen LogP contribution < -0.4 is 9.47 Å². The molecule has 0 saturated carbocycles. The molecule has 0 aliphatic heterocycles. The zero-order chi connectivity index (χ0) is 15.6. The SMILES string of the molecule is COc1cc(Br)c(C(=O)c2cc(Br)ccc2Cl)cc1OC. The number of ketones is 1. The van der Waals surface area contributed by atoms with Crippen LogP contribution in [0.1, 0.15) is 15.9 Å². The van der Waals surface area contributed by atoms with Crippen LogP contribution in [0.2, 0.25) is 5.02 Å². The Morgan fingerprint density at radius 3 is 2.24 bits per heavy atom. The summed E-state index contributed by atoms with van der Waals surface area (Å²) in [4.78, 5) is 12.7. The van der Waals surface area contributed by atoms with Gasteiger partial charge in [0.15, 0.2) is 17.3 Å². The number of ether oxygens (including phenoxy) is 2. The Morgan fingerprint density at radius 1 is 1.00 bits per heavy atom. The molecule has 0 heterocycles. The van der Waals surface area contributed by atoms with Crippen molar-refractivity contribution >= 4 is 49.2 Å². The largest absolute Gasteiger partial charge is 0.493 e. The van der Waals surface area contributed by atoms with Crippen molar-refractivity contribution in [3.63, 3.8) is 0 Å². The molecule has 2 aromatic carbocycles. The van der Waals surface area contributed by atoms with Gasteiger partial charge in [0.2, 0.25) is 0 Å². The lowest BCUT2D eigenvalue weighted by Crippen LogP contribution is -2.05. The second-order valence-corrected chi connectivity index (χ2v) is 6.32. The molecule has 0 N–H and O–H groups in total. The van der Waals surface area contributed by atoms with Crippen molar-refractivity contribution in [1.82, 2.24) is 0 Å². The van der Waals surface area contributed by atoms with Crippen LogP contribution in [0.25, 0.3) is 0 Å². The molecule has 0 bridgehead atoms. The number of rotatable bonds is 4. The number of halogens is 3. The van der Waals surface area contributed by atoms with Gasteiger partial charge in [0.05, 0.1) is 19.2 Å². The molecule has 0 aliphatic rings. The number of hydrogen-bond donors (Lipinski definition) is 0. The quantitative estimate of drug-likeness (QED) is 0.627. The van der Waals surface area contributed by atoms with Gasteiger partial charge in [-0.25, -0.2) is 0 Å². The predicted octanol–water partition coefficient (Wildman–Crippen LogP) is 5.11. The molecule has 0 aliphatic carbocycles. The highest BCUT2D eigenvalue weighted by atomic mass is 79.9. The highest BCUT2D eigenvalue weighted by molar-refractivity contribution is 9.10. The van der Waals surface area contributed by atoms with Crippen LogP contribution in [0.3, 0.4) is 0 Å². The van der Waals surface area contributed by atoms with Gasteiger partial charge in [-0.2, -0.15) is 0 Å². The van der Waals surface area contributed by atoms with Gasteiger partial charge in [0.1, 0.15) is 0 Å². The molecule has 3 nitrogen and oxygen atoms in total. The van der Waals surface area contributed by atoms with E-state index in [2.05, 4.69) is 31.9 Å². The predicted molar refractivity (Wildman–Crippen MR) is 89.8 cm³/mol. The lowest BCUT2D eigenvalue weighted by Gasteiger charge is -2.12. The molecule has 2 rings (SSSR count). The van der Waals surface area contributed by atoms with Gasteiger partial charge in [0.25, 0.3) is 0 Å². The molecule has 21 heavy (non-hydrogen) atoms. The first kappa shape index (κ1) is 16.3. The average molecular weight is 435 g/mol. The van der Waals surface area contributed by atoms with Crippen LogP contribution in [0.5, 0.6) is 11.5 Å². The van der Waals surface area contributed by atoms with Crippen LogP contribution in [0, 0.1) is 0 Å². The van der Waals surface area contributed by atoms with E-state index >= 15 is 0 Å². The standard InChI is InChI=1S/C15H11Br2ClO3/c1-20-13-6-9(11(17)7-14(13)21-2)15(19)10-5-8(16)3-4-12(10)18/h3-7H,1-2H3. The first-order valence-electron chi connectivity index (χ1n) is 5.89. The molecule has 0 saturated heterocycles. The smallest absolute Gasteiger partial charge is 0.195 e. The summed E-state index contributed by atoms with van der Waals surface area (Å²) in [6, 6.07) is 8.46. The van der Waals surface area contributed by atoms with Gasteiger partial charge in [-0.15, -0.1) is 0 Å². The minimum atomic E-state index is -0.200. The Bertz CT molecular complexity index is 702. The highest BCUT2D eigenvalue weighted by Gasteiger charge is 2.19. The fraction of sp³-hybridized carbons (Fsp3) is 0.133. The molecule has 0 fully saturated rings. The van der Waals surface area contributed by atoms with E-state index in [-0.39, 0.29) is 5.78 Å². The molecule has 0 spiro atoms. The number of hydrogen-bond acceptors (Lipinski definition) is 3. The van der Waals surface area contributed by atoms with E-state index in [9.17, 15) is 4.79 Å². The maximum atomic E-state index is 12.7. The number of benzene rings is 2. The van der Waals surface area contributed by atoms with Crippen molar-refractivity contribution in [1.29, 1.82) is 0 Å². The molecular formula is C15H11Br2ClO3. The molecular weight excluding hydrogens is 423 g/mol. The lowest BCUT2D eigenvalue weighted by molar-refractivity contribution is 0.103. The lowest BCUT2D eigenvalue weighted by atomic mass is 10.0. The first-order chi connectivity index (χ1) is 9.97. The van der Waals surface area contributed by atoms with E-state index in [1.807, 2.05) is 0 Å². The Labute approximate surface area is 144 Å². The normalized spacial score (nSPS) is 10.3. The van der Waals surface area contributed by atoms with Gasteiger partial charge >= 0.3 is 0 Å². The van der Waals surface area contributed by atoms with Crippen molar-refractivity contribution in [2.75, 3.05) is 14.2 Å². The third-order valence-electron chi connectivity index (χ3n) is 2.89. The molecule has 0 amide bonds. The number of methoxy groups -OCH3 is 2. The maximum absolute atomic E-state index is 12.7. The van der Waals surface area contributed by atoms with E-state index in [4.69, 9.17) is 21.1 Å². The van der Waals surface area contributed by atoms with Gasteiger partial charge < -0.3 is 9.47 Å². The summed E-state index contributed by atoms with van der Waals surface area (Å²) < 4.78 is 11.8. The highest BCUT2D eigenvalue weighted by Crippen LogP contribution is 2.35. The van der Waals surface area contributed by atoms with Crippen molar-refractivity contribution in [3.8, 4) is 11.5 Å². The second-order valence-electron chi connectivity index (χ2n) is 4.14. The Morgan fingerprint density at radius 2 is 1.62 bits per heavy atom. The minimum Gasteiger partial charge on any atom is -0.493 e. The van der Waals surface area contributed by atoms with Crippen molar-refractivity contribution in [3.05, 3.63) is 55.4 Å². The van der Waals surface area contributed by atoms with Crippen molar-refractivity contribution in [2.45, 2.75) is 0 Å². The number of carbonyl (C=O) groups is 1. The molecule has 6 heteroatoms. The topological polar surface area (TPSA) is 35.5 Å². The van der Waals surface area contributed by atoms with E-state index in [0.717, 1.165) is 4.47 Å².